The number of esters is 1. The van der Waals surface area contributed by atoms with E-state index in [0.717, 1.165) is 50.3 Å². The predicted octanol–water partition coefficient (Wildman–Crippen LogP) is 6.58. The molecule has 2 aromatic rings. The van der Waals surface area contributed by atoms with Crippen molar-refractivity contribution in [3.63, 3.8) is 0 Å². The fraction of sp³-hybridized carbons (Fsp3) is 0.837. The van der Waals surface area contributed by atoms with Crippen molar-refractivity contribution in [3.8, 4) is 0 Å². The van der Waals surface area contributed by atoms with Crippen molar-refractivity contribution < 1.29 is 42.9 Å². The number of nitrogen functional groups attached to an aromatic ring is 1. The molecule has 2 aromatic heterocycles. The molecule has 4 fully saturated rings. The lowest BCUT2D eigenvalue weighted by Crippen LogP contribution is -2.58. The molecule has 60 heavy (non-hydrogen) atoms. The van der Waals surface area contributed by atoms with Gasteiger partial charge in [0.1, 0.15) is 18.2 Å². The summed E-state index contributed by atoms with van der Waals surface area (Å²) in [5.74, 6) is 3.29. The van der Waals surface area contributed by atoms with Crippen LogP contribution in [0.2, 0.25) is 0 Å². The van der Waals surface area contributed by atoms with E-state index in [4.69, 9.17) is 30.0 Å². The Bertz CT molecular complexity index is 1800. The maximum absolute atomic E-state index is 13.8. The number of aliphatic hydroxyl groups is 2. The van der Waals surface area contributed by atoms with E-state index in [1.54, 1.807) is 10.9 Å². The van der Waals surface area contributed by atoms with Crippen LogP contribution in [0.3, 0.4) is 0 Å². The van der Waals surface area contributed by atoms with Gasteiger partial charge in [0, 0.05) is 25.1 Å². The molecule has 0 saturated heterocycles. The number of hydrogen-bond donors (Lipinski definition) is 4. The minimum Gasteiger partial charge on any atom is -0.466 e. The molecule has 4 aliphatic carbocycles. The summed E-state index contributed by atoms with van der Waals surface area (Å²) < 4.78 is 38.5. The summed E-state index contributed by atoms with van der Waals surface area (Å²) in [6, 6.07) is -0.544. The molecule has 0 radical (unpaired) electrons. The highest BCUT2D eigenvalue weighted by Gasteiger charge is 2.63. The molecule has 0 amide bonds. The summed E-state index contributed by atoms with van der Waals surface area (Å²) in [6.07, 6.45) is 12.2. The van der Waals surface area contributed by atoms with Gasteiger partial charge in [-0.25, -0.2) is 15.0 Å². The molecule has 0 bridgehead atoms. The van der Waals surface area contributed by atoms with Crippen LogP contribution in [0.5, 0.6) is 0 Å². The highest BCUT2D eigenvalue weighted by Crippen LogP contribution is 2.68. The molecule has 6 rings (SSSR count). The Morgan fingerprint density at radius 3 is 2.52 bits per heavy atom. The molecule has 0 aliphatic heterocycles. The zero-order chi connectivity index (χ0) is 43.2. The number of nitrogens with two attached hydrogens (primary N) is 2. The Labute approximate surface area is 360 Å². The molecule has 6 N–H and O–H groups in total. The first-order chi connectivity index (χ1) is 28.6. The van der Waals surface area contributed by atoms with Crippen LogP contribution in [-0.2, 0) is 39.2 Å². The van der Waals surface area contributed by atoms with E-state index in [0.29, 0.717) is 78.7 Å². The molecular formula is C43H71N6O9PS. The molecule has 338 valence electrons. The third-order valence-electron chi connectivity index (χ3n) is 15.1. The summed E-state index contributed by atoms with van der Waals surface area (Å²) in [5, 5.41) is 22.2. The van der Waals surface area contributed by atoms with E-state index in [1.807, 2.05) is 13.8 Å². The van der Waals surface area contributed by atoms with Gasteiger partial charge >= 0.3 is 13.6 Å². The SMILES string of the molecule is CC(C)[C@H](N)C(=O)SCCCOP(=O)(COCCn1cnc2c(N)ncnc21)OCCCOC(=O)CC[C@@H](C)[C@H]1CC[C@H]2[C@@H]3CC[C@@H]4C[C@H](O)CC[C@]4(C)[C@H]3C[C@H](O)[C@]12C. The number of imidazole rings is 1. The van der Waals surface area contributed by atoms with Crippen molar-refractivity contribution in [2.24, 2.45) is 58.0 Å². The van der Waals surface area contributed by atoms with Crippen molar-refractivity contribution in [2.45, 2.75) is 136 Å². The molecule has 4 saturated carbocycles. The molecule has 4 aliphatic rings. The number of ether oxygens (including phenoxy) is 2. The van der Waals surface area contributed by atoms with E-state index < -0.39 is 13.6 Å². The van der Waals surface area contributed by atoms with Gasteiger partial charge in [0.05, 0.1) is 51.0 Å². The van der Waals surface area contributed by atoms with Crippen molar-refractivity contribution >= 4 is 47.4 Å². The van der Waals surface area contributed by atoms with Crippen LogP contribution in [0.4, 0.5) is 5.82 Å². The zero-order valence-electron chi connectivity index (χ0n) is 36.4. The highest BCUT2D eigenvalue weighted by atomic mass is 32.2. The average molecular weight is 879 g/mol. The first-order valence-electron chi connectivity index (χ1n) is 22.4. The zero-order valence-corrected chi connectivity index (χ0v) is 38.1. The van der Waals surface area contributed by atoms with Gasteiger partial charge in [-0.2, -0.15) is 0 Å². The Morgan fingerprint density at radius 1 is 0.983 bits per heavy atom. The van der Waals surface area contributed by atoms with Crippen molar-refractivity contribution in [3.05, 3.63) is 12.7 Å². The molecule has 2 heterocycles. The van der Waals surface area contributed by atoms with Crippen LogP contribution in [-0.4, -0.2) is 97.6 Å². The fourth-order valence-electron chi connectivity index (χ4n) is 11.5. The monoisotopic (exact) mass is 878 g/mol. The van der Waals surface area contributed by atoms with E-state index in [-0.39, 0.29) is 84.6 Å². The lowest BCUT2D eigenvalue weighted by molar-refractivity contribution is -0.175. The number of anilines is 1. The minimum absolute atomic E-state index is 0.0331. The number of rotatable bonds is 21. The molecule has 0 aromatic carbocycles. The largest absolute Gasteiger partial charge is 0.466 e. The maximum atomic E-state index is 13.8. The Kier molecular flexibility index (Phi) is 16.2. The molecular weight excluding hydrogens is 808 g/mol. The third-order valence-corrected chi connectivity index (χ3v) is 17.8. The van der Waals surface area contributed by atoms with Gasteiger partial charge in [-0.05, 0) is 116 Å². The number of aliphatic hydroxyl groups excluding tert-OH is 2. The molecule has 1 unspecified atom stereocenters. The van der Waals surface area contributed by atoms with Gasteiger partial charge in [-0.1, -0.05) is 46.4 Å². The molecule has 0 spiro atoms. The van der Waals surface area contributed by atoms with Crippen molar-refractivity contribution in [1.82, 2.24) is 19.5 Å². The van der Waals surface area contributed by atoms with E-state index >= 15 is 0 Å². The van der Waals surface area contributed by atoms with E-state index in [1.165, 1.54) is 19.2 Å². The second-order valence-corrected chi connectivity index (χ2v) is 22.0. The lowest BCUT2D eigenvalue weighted by atomic mass is 9.43. The minimum atomic E-state index is -3.71. The smallest absolute Gasteiger partial charge is 0.356 e. The van der Waals surface area contributed by atoms with E-state index in [2.05, 4.69) is 35.7 Å². The standard InChI is InChI=1S/C43H71N6O9PS/c1-27(2)37(44)41(53)60-21-7-19-58-59(54,26-55-20-16-49-25-48-38-39(45)46-24-47-40(38)49)57-18-6-17-56-36(52)13-8-28(3)32-11-12-33-31-10-9-29-22-30(50)14-15-42(29,4)34(31)23-35(51)43(32,33)5/h24-25,27-35,37,50-51H,6-23,26,44H2,1-5H3,(H2,45,46,47)/t28-,29-,30-,31+,32-,33+,34+,35+,37+,42+,43-,59?/m1/s1. The normalized spacial score (nSPS) is 32.2. The first-order valence-corrected chi connectivity index (χ1v) is 25.1. The highest BCUT2D eigenvalue weighted by molar-refractivity contribution is 8.13. The van der Waals surface area contributed by atoms with Gasteiger partial charge in [-0.15, -0.1) is 0 Å². The van der Waals surface area contributed by atoms with Crippen LogP contribution in [0.15, 0.2) is 12.7 Å². The number of carbonyl (C=O) groups excluding carboxylic acids is 2. The third kappa shape index (κ3) is 10.6. The number of fused-ring (bicyclic) bond motifs is 6. The van der Waals surface area contributed by atoms with E-state index in [9.17, 15) is 24.4 Å². The summed E-state index contributed by atoms with van der Waals surface area (Å²) in [4.78, 5) is 37.7. The Balaban J connectivity index is 0.933. The Morgan fingerprint density at radius 2 is 1.75 bits per heavy atom. The molecule has 15 nitrogen and oxygen atoms in total. The van der Waals surface area contributed by atoms with Gasteiger partial charge < -0.3 is 44.8 Å². The van der Waals surface area contributed by atoms with Crippen LogP contribution < -0.4 is 11.5 Å². The van der Waals surface area contributed by atoms with Crippen molar-refractivity contribution in [2.75, 3.05) is 44.3 Å². The topological polar surface area (TPSA) is 224 Å². The summed E-state index contributed by atoms with van der Waals surface area (Å²) in [5.41, 5.74) is 13.0. The Hall–Kier alpha value is -2.17. The van der Waals surface area contributed by atoms with Gasteiger partial charge in [0.2, 0.25) is 5.12 Å². The lowest BCUT2D eigenvalue weighted by Gasteiger charge is -2.62. The van der Waals surface area contributed by atoms with Gasteiger partial charge in [0.15, 0.2) is 11.5 Å². The quantitative estimate of drug-likeness (QED) is 0.0590. The summed E-state index contributed by atoms with van der Waals surface area (Å²) >= 11 is 1.14. The molecule has 12 atom stereocenters. The van der Waals surface area contributed by atoms with Crippen LogP contribution in [0.25, 0.3) is 11.2 Å². The van der Waals surface area contributed by atoms with Crippen LogP contribution in [0, 0.1) is 52.3 Å². The number of nitrogens with zero attached hydrogens (tertiary/aromatic N) is 4. The van der Waals surface area contributed by atoms with Crippen LogP contribution >= 0.6 is 19.4 Å². The van der Waals surface area contributed by atoms with Crippen molar-refractivity contribution in [1.29, 1.82) is 0 Å². The predicted molar refractivity (Wildman–Crippen MR) is 232 cm³/mol. The maximum Gasteiger partial charge on any atom is 0.356 e. The number of carbonyl (C=O) groups is 2. The second kappa shape index (κ2) is 20.6. The average Bonchev–Trinajstić information content (AvgIpc) is 3.81. The van der Waals surface area contributed by atoms with Gasteiger partial charge in [0.25, 0.3) is 0 Å². The number of hydrogen-bond acceptors (Lipinski definition) is 15. The first kappa shape index (κ1) is 47.3. The van der Waals surface area contributed by atoms with Gasteiger partial charge in [-0.3, -0.25) is 14.2 Å². The van der Waals surface area contributed by atoms with Crippen LogP contribution in [0.1, 0.15) is 112 Å². The second-order valence-electron chi connectivity index (χ2n) is 19.0. The number of thioether (sulfide) groups is 1. The summed E-state index contributed by atoms with van der Waals surface area (Å²) in [6.45, 7) is 11.6. The number of aromatic nitrogens is 4. The fourth-order valence-corrected chi connectivity index (χ4v) is 13.9. The molecule has 17 heteroatoms. The summed E-state index contributed by atoms with van der Waals surface area (Å²) in [7, 11) is -3.71.